The van der Waals surface area contributed by atoms with Gasteiger partial charge in [-0.1, -0.05) is 60.2 Å². The Balaban J connectivity index is 1.54. The topological polar surface area (TPSA) is 15.3 Å². The van der Waals surface area contributed by atoms with Crippen LogP contribution < -0.4 is 5.32 Å². The number of rotatable bonds is 4. The van der Waals surface area contributed by atoms with Crippen molar-refractivity contribution in [1.82, 2.24) is 10.2 Å². The first-order chi connectivity index (χ1) is 12.2. The van der Waals surface area contributed by atoms with E-state index >= 15 is 0 Å². The second kappa shape index (κ2) is 7.31. The second-order valence-electron chi connectivity index (χ2n) is 8.06. The molecule has 3 fully saturated rings. The van der Waals surface area contributed by atoms with E-state index in [-0.39, 0.29) is 0 Å². The first-order valence-electron chi connectivity index (χ1n) is 9.75. The summed E-state index contributed by atoms with van der Waals surface area (Å²) < 4.78 is 0. The molecule has 1 aliphatic carbocycles. The monoisotopic (exact) mass is 334 g/mol. The van der Waals surface area contributed by atoms with Crippen LogP contribution in [0.1, 0.15) is 41.9 Å². The standard InChI is InChI=1S/C23H30N2/c1-17-8-10-19(11-9-17)21-14-20-12-13-23(22(21)16-25(20)2)24-15-18-6-4-3-5-7-18/h3-11,20-24H,12-16H2,1-2H3/t20-,21?,22-,23-/m0/s1. The van der Waals surface area contributed by atoms with Crippen molar-refractivity contribution in [2.45, 2.75) is 50.7 Å². The SMILES string of the molecule is Cc1ccc(C2C[C@@H]3CC[C@H](NCc4ccccc4)[C@H]2CN3C)cc1. The lowest BCUT2D eigenvalue weighted by atomic mass is 9.76. The number of nitrogens with zero attached hydrogens (tertiary/aromatic N) is 1. The van der Waals surface area contributed by atoms with Gasteiger partial charge in [0.25, 0.3) is 0 Å². The Labute approximate surface area is 152 Å². The molecule has 2 bridgehead atoms. The summed E-state index contributed by atoms with van der Waals surface area (Å²) >= 11 is 0. The average molecular weight is 335 g/mol. The zero-order valence-corrected chi connectivity index (χ0v) is 15.5. The van der Waals surface area contributed by atoms with Gasteiger partial charge in [0.1, 0.15) is 0 Å². The zero-order chi connectivity index (χ0) is 17.2. The number of aryl methyl sites for hydroxylation is 1. The molecule has 2 heterocycles. The van der Waals surface area contributed by atoms with Crippen LogP contribution in [0.25, 0.3) is 0 Å². The van der Waals surface area contributed by atoms with E-state index in [1.807, 2.05) is 0 Å². The van der Waals surface area contributed by atoms with Gasteiger partial charge in [0, 0.05) is 25.2 Å². The Morgan fingerprint density at radius 3 is 2.52 bits per heavy atom. The van der Waals surface area contributed by atoms with Crippen LogP contribution in [0, 0.1) is 12.8 Å². The van der Waals surface area contributed by atoms with Crippen LogP contribution in [-0.4, -0.2) is 30.6 Å². The molecule has 2 aromatic carbocycles. The number of nitrogens with one attached hydrogen (secondary N) is 1. The van der Waals surface area contributed by atoms with Crippen molar-refractivity contribution in [2.75, 3.05) is 13.6 Å². The summed E-state index contributed by atoms with van der Waals surface area (Å²) in [6.07, 6.45) is 3.93. The van der Waals surface area contributed by atoms with Gasteiger partial charge in [0.05, 0.1) is 0 Å². The Bertz CT molecular complexity index is 679. The molecule has 1 saturated carbocycles. The van der Waals surface area contributed by atoms with Gasteiger partial charge in [-0.2, -0.15) is 0 Å². The van der Waals surface area contributed by atoms with E-state index in [2.05, 4.69) is 78.8 Å². The molecule has 0 radical (unpaired) electrons. The lowest BCUT2D eigenvalue weighted by molar-refractivity contribution is 0.125. The number of piperidine rings is 1. The lowest BCUT2D eigenvalue weighted by Gasteiger charge is -2.42. The molecule has 3 aliphatic rings. The quantitative estimate of drug-likeness (QED) is 0.894. The van der Waals surface area contributed by atoms with E-state index in [9.17, 15) is 0 Å². The maximum atomic E-state index is 3.91. The van der Waals surface area contributed by atoms with E-state index in [0.717, 1.165) is 12.6 Å². The molecule has 132 valence electrons. The van der Waals surface area contributed by atoms with Crippen molar-refractivity contribution in [2.24, 2.45) is 5.92 Å². The first-order valence-corrected chi connectivity index (χ1v) is 9.75. The normalized spacial score (nSPS) is 29.5. The summed E-state index contributed by atoms with van der Waals surface area (Å²) in [4.78, 5) is 2.61. The molecule has 2 saturated heterocycles. The van der Waals surface area contributed by atoms with Gasteiger partial charge in [0.15, 0.2) is 0 Å². The Hall–Kier alpha value is -1.64. The third-order valence-electron chi connectivity index (χ3n) is 6.41. The second-order valence-corrected chi connectivity index (χ2v) is 8.06. The van der Waals surface area contributed by atoms with Gasteiger partial charge in [-0.25, -0.2) is 0 Å². The molecule has 2 heteroatoms. The molecule has 0 amide bonds. The first kappa shape index (κ1) is 16.8. The summed E-state index contributed by atoms with van der Waals surface area (Å²) in [5.41, 5.74) is 4.29. The highest BCUT2D eigenvalue weighted by molar-refractivity contribution is 5.27. The molecule has 2 aromatic rings. The molecule has 5 rings (SSSR count). The van der Waals surface area contributed by atoms with Crippen molar-refractivity contribution in [1.29, 1.82) is 0 Å². The van der Waals surface area contributed by atoms with Crippen molar-refractivity contribution in [3.63, 3.8) is 0 Å². The largest absolute Gasteiger partial charge is 0.310 e. The minimum absolute atomic E-state index is 0.612. The van der Waals surface area contributed by atoms with Crippen LogP contribution in [-0.2, 0) is 6.54 Å². The van der Waals surface area contributed by atoms with Gasteiger partial charge < -0.3 is 10.2 Å². The van der Waals surface area contributed by atoms with Crippen LogP contribution >= 0.6 is 0 Å². The van der Waals surface area contributed by atoms with Crippen molar-refractivity contribution in [3.8, 4) is 0 Å². The number of benzene rings is 2. The van der Waals surface area contributed by atoms with Gasteiger partial charge in [-0.05, 0) is 56.2 Å². The van der Waals surface area contributed by atoms with Gasteiger partial charge in [0.2, 0.25) is 0 Å². The molecule has 1 N–H and O–H groups in total. The van der Waals surface area contributed by atoms with E-state index in [1.54, 1.807) is 5.56 Å². The van der Waals surface area contributed by atoms with Gasteiger partial charge in [-0.3, -0.25) is 0 Å². The average Bonchev–Trinajstić information content (AvgIpc) is 2.90. The predicted octanol–water partition coefficient (Wildman–Crippen LogP) is 4.35. The summed E-state index contributed by atoms with van der Waals surface area (Å²) in [6.45, 7) is 4.38. The number of fused-ring (bicyclic) bond motifs is 4. The smallest absolute Gasteiger partial charge is 0.0208 e. The number of hydrogen-bond acceptors (Lipinski definition) is 2. The minimum atomic E-state index is 0.612. The fourth-order valence-corrected chi connectivity index (χ4v) is 4.88. The molecular weight excluding hydrogens is 304 g/mol. The zero-order valence-electron chi connectivity index (χ0n) is 15.5. The van der Waals surface area contributed by atoms with E-state index in [0.29, 0.717) is 17.9 Å². The number of hydrogen-bond donors (Lipinski definition) is 1. The van der Waals surface area contributed by atoms with Crippen molar-refractivity contribution in [3.05, 3.63) is 71.3 Å². The van der Waals surface area contributed by atoms with Crippen LogP contribution in [0.15, 0.2) is 54.6 Å². The molecule has 2 nitrogen and oxygen atoms in total. The Kier molecular flexibility index (Phi) is 4.91. The Morgan fingerprint density at radius 2 is 1.76 bits per heavy atom. The molecule has 0 spiro atoms. The van der Waals surface area contributed by atoms with Crippen LogP contribution in [0.3, 0.4) is 0 Å². The molecule has 25 heavy (non-hydrogen) atoms. The van der Waals surface area contributed by atoms with E-state index < -0.39 is 0 Å². The third kappa shape index (κ3) is 3.65. The Morgan fingerprint density at radius 1 is 1.00 bits per heavy atom. The van der Waals surface area contributed by atoms with Gasteiger partial charge >= 0.3 is 0 Å². The molecule has 1 unspecified atom stereocenters. The maximum Gasteiger partial charge on any atom is 0.0208 e. The van der Waals surface area contributed by atoms with Crippen molar-refractivity contribution < 1.29 is 0 Å². The highest BCUT2D eigenvalue weighted by atomic mass is 15.2. The molecule has 4 atom stereocenters. The van der Waals surface area contributed by atoms with E-state index in [4.69, 9.17) is 0 Å². The molecular formula is C23H30N2. The van der Waals surface area contributed by atoms with Gasteiger partial charge in [-0.15, -0.1) is 0 Å². The van der Waals surface area contributed by atoms with Crippen molar-refractivity contribution >= 4 is 0 Å². The predicted molar refractivity (Wildman–Crippen MR) is 105 cm³/mol. The van der Waals surface area contributed by atoms with Crippen LogP contribution in [0.2, 0.25) is 0 Å². The fraction of sp³-hybridized carbons (Fsp3) is 0.478. The minimum Gasteiger partial charge on any atom is -0.310 e. The summed E-state index contributed by atoms with van der Waals surface area (Å²) in [5, 5.41) is 3.91. The van der Waals surface area contributed by atoms with Crippen LogP contribution in [0.4, 0.5) is 0 Å². The fourth-order valence-electron chi connectivity index (χ4n) is 4.88. The maximum absolute atomic E-state index is 3.91. The highest BCUT2D eigenvalue weighted by Crippen LogP contribution is 2.42. The summed E-state index contributed by atoms with van der Waals surface area (Å²) in [6, 6.07) is 21.5. The molecule has 0 aromatic heterocycles. The van der Waals surface area contributed by atoms with Crippen LogP contribution in [0.5, 0.6) is 0 Å². The third-order valence-corrected chi connectivity index (χ3v) is 6.41. The summed E-state index contributed by atoms with van der Waals surface area (Å²) in [7, 11) is 2.32. The summed E-state index contributed by atoms with van der Waals surface area (Å²) in [5.74, 6) is 1.40. The van der Waals surface area contributed by atoms with E-state index in [1.165, 1.54) is 36.9 Å². The highest BCUT2D eigenvalue weighted by Gasteiger charge is 2.41. The lowest BCUT2D eigenvalue weighted by Crippen LogP contribution is -2.47. The molecule has 2 aliphatic heterocycles.